The second-order valence-corrected chi connectivity index (χ2v) is 5.30. The number of anilines is 1. The topological polar surface area (TPSA) is 85.8 Å². The quantitative estimate of drug-likeness (QED) is 0.846. The molecule has 0 bridgehead atoms. The van der Waals surface area contributed by atoms with Crippen LogP contribution in [-0.2, 0) is 19.5 Å². The summed E-state index contributed by atoms with van der Waals surface area (Å²) in [5, 5.41) is 11.3. The van der Waals surface area contributed by atoms with Crippen molar-refractivity contribution in [3.05, 3.63) is 41.5 Å². The first-order valence-electron chi connectivity index (χ1n) is 7.29. The first-order chi connectivity index (χ1) is 10.2. The number of aromatic nitrogens is 3. The Bertz CT molecular complexity index is 638. The SMILES string of the molecule is Cl.Nc1ccc(C(=O)NCc2nnc3n2CCCCC3)cc1. The van der Waals surface area contributed by atoms with Gasteiger partial charge in [-0.1, -0.05) is 6.42 Å². The maximum absolute atomic E-state index is 12.1. The Labute approximate surface area is 135 Å². The summed E-state index contributed by atoms with van der Waals surface area (Å²) < 4.78 is 2.14. The van der Waals surface area contributed by atoms with Gasteiger partial charge in [0.1, 0.15) is 5.82 Å². The zero-order valence-corrected chi connectivity index (χ0v) is 13.1. The Morgan fingerprint density at radius 3 is 2.73 bits per heavy atom. The lowest BCUT2D eigenvalue weighted by Crippen LogP contribution is -2.25. The molecule has 0 spiro atoms. The summed E-state index contributed by atoms with van der Waals surface area (Å²) in [6, 6.07) is 6.88. The van der Waals surface area contributed by atoms with Crippen molar-refractivity contribution in [3.8, 4) is 0 Å². The third-order valence-electron chi connectivity index (χ3n) is 3.77. The molecule has 1 aromatic carbocycles. The molecule has 2 aromatic rings. The maximum atomic E-state index is 12.1. The minimum Gasteiger partial charge on any atom is -0.399 e. The van der Waals surface area contributed by atoms with Gasteiger partial charge in [0, 0.05) is 24.2 Å². The van der Waals surface area contributed by atoms with E-state index < -0.39 is 0 Å². The van der Waals surface area contributed by atoms with Gasteiger partial charge in [0.2, 0.25) is 0 Å². The normalized spacial score (nSPS) is 13.6. The molecule has 0 radical (unpaired) electrons. The number of rotatable bonds is 3. The van der Waals surface area contributed by atoms with Crippen molar-refractivity contribution in [2.24, 2.45) is 0 Å². The van der Waals surface area contributed by atoms with Gasteiger partial charge in [0.25, 0.3) is 5.91 Å². The van der Waals surface area contributed by atoms with E-state index in [0.717, 1.165) is 37.5 Å². The molecule has 2 heterocycles. The van der Waals surface area contributed by atoms with Gasteiger partial charge in [0.15, 0.2) is 5.82 Å². The fourth-order valence-corrected chi connectivity index (χ4v) is 2.57. The number of halogens is 1. The molecule has 1 aliphatic rings. The van der Waals surface area contributed by atoms with Crippen LogP contribution in [0.4, 0.5) is 5.69 Å². The molecule has 0 saturated heterocycles. The van der Waals surface area contributed by atoms with Crippen LogP contribution in [0.5, 0.6) is 0 Å². The summed E-state index contributed by atoms with van der Waals surface area (Å²) in [5.41, 5.74) is 6.86. The fourth-order valence-electron chi connectivity index (χ4n) is 2.57. The predicted octanol–water partition coefficient (Wildman–Crippen LogP) is 1.94. The number of amides is 1. The van der Waals surface area contributed by atoms with E-state index in [2.05, 4.69) is 20.1 Å². The summed E-state index contributed by atoms with van der Waals surface area (Å²) in [4.78, 5) is 12.1. The smallest absolute Gasteiger partial charge is 0.251 e. The highest BCUT2D eigenvalue weighted by atomic mass is 35.5. The van der Waals surface area contributed by atoms with Crippen LogP contribution in [-0.4, -0.2) is 20.7 Å². The van der Waals surface area contributed by atoms with Gasteiger partial charge < -0.3 is 15.6 Å². The molecule has 0 fully saturated rings. The van der Waals surface area contributed by atoms with Crippen molar-refractivity contribution >= 4 is 24.0 Å². The van der Waals surface area contributed by atoms with E-state index in [9.17, 15) is 4.79 Å². The molecule has 0 aliphatic carbocycles. The Morgan fingerprint density at radius 2 is 1.95 bits per heavy atom. The van der Waals surface area contributed by atoms with E-state index in [4.69, 9.17) is 5.73 Å². The summed E-state index contributed by atoms with van der Waals surface area (Å²) in [5.74, 6) is 1.74. The highest BCUT2D eigenvalue weighted by Crippen LogP contribution is 2.14. The second kappa shape index (κ2) is 7.26. The van der Waals surface area contributed by atoms with Crippen LogP contribution in [0.15, 0.2) is 24.3 Å². The monoisotopic (exact) mass is 321 g/mol. The van der Waals surface area contributed by atoms with Gasteiger partial charge in [0.05, 0.1) is 6.54 Å². The molecule has 1 amide bonds. The molecule has 3 N–H and O–H groups in total. The van der Waals surface area contributed by atoms with Crippen molar-refractivity contribution in [1.82, 2.24) is 20.1 Å². The average molecular weight is 322 g/mol. The number of nitrogen functional groups attached to an aromatic ring is 1. The molecule has 3 rings (SSSR count). The number of nitrogens with zero attached hydrogens (tertiary/aromatic N) is 3. The molecule has 22 heavy (non-hydrogen) atoms. The van der Waals surface area contributed by atoms with E-state index in [1.54, 1.807) is 24.3 Å². The van der Waals surface area contributed by atoms with Crippen molar-refractivity contribution in [3.63, 3.8) is 0 Å². The van der Waals surface area contributed by atoms with Crippen LogP contribution >= 0.6 is 12.4 Å². The van der Waals surface area contributed by atoms with Gasteiger partial charge >= 0.3 is 0 Å². The zero-order chi connectivity index (χ0) is 14.7. The maximum Gasteiger partial charge on any atom is 0.251 e. The third kappa shape index (κ3) is 3.57. The molecule has 1 aromatic heterocycles. The van der Waals surface area contributed by atoms with Crippen LogP contribution in [0.25, 0.3) is 0 Å². The highest BCUT2D eigenvalue weighted by molar-refractivity contribution is 5.94. The Morgan fingerprint density at radius 1 is 1.18 bits per heavy atom. The minimum absolute atomic E-state index is 0. The summed E-state index contributed by atoms with van der Waals surface area (Å²) in [6.07, 6.45) is 4.50. The number of benzene rings is 1. The number of nitrogens with two attached hydrogens (primary N) is 1. The summed E-state index contributed by atoms with van der Waals surface area (Å²) in [7, 11) is 0. The van der Waals surface area contributed by atoms with E-state index in [-0.39, 0.29) is 18.3 Å². The largest absolute Gasteiger partial charge is 0.399 e. The van der Waals surface area contributed by atoms with E-state index in [1.807, 2.05) is 0 Å². The molecule has 6 nitrogen and oxygen atoms in total. The van der Waals surface area contributed by atoms with E-state index >= 15 is 0 Å². The summed E-state index contributed by atoms with van der Waals surface area (Å²) >= 11 is 0. The minimum atomic E-state index is -0.124. The molecule has 7 heteroatoms. The molecular formula is C15H20ClN5O. The molecule has 0 unspecified atom stereocenters. The third-order valence-corrected chi connectivity index (χ3v) is 3.77. The fraction of sp³-hybridized carbons (Fsp3) is 0.400. The van der Waals surface area contributed by atoms with Crippen LogP contribution in [0.3, 0.4) is 0 Å². The first-order valence-corrected chi connectivity index (χ1v) is 7.29. The van der Waals surface area contributed by atoms with Gasteiger partial charge in [-0.2, -0.15) is 0 Å². The molecule has 118 valence electrons. The number of fused-ring (bicyclic) bond motifs is 1. The van der Waals surface area contributed by atoms with Crippen LogP contribution in [0.2, 0.25) is 0 Å². The van der Waals surface area contributed by atoms with Gasteiger partial charge in [-0.3, -0.25) is 4.79 Å². The second-order valence-electron chi connectivity index (χ2n) is 5.30. The lowest BCUT2D eigenvalue weighted by molar-refractivity contribution is 0.0949. The highest BCUT2D eigenvalue weighted by Gasteiger charge is 2.15. The van der Waals surface area contributed by atoms with Crippen molar-refractivity contribution in [2.45, 2.75) is 38.8 Å². The number of carbonyl (C=O) groups excluding carboxylic acids is 1. The number of hydrogen-bond acceptors (Lipinski definition) is 4. The van der Waals surface area contributed by atoms with Crippen LogP contribution in [0, 0.1) is 0 Å². The van der Waals surface area contributed by atoms with Crippen LogP contribution in [0.1, 0.15) is 41.3 Å². The van der Waals surface area contributed by atoms with E-state index in [0.29, 0.717) is 17.8 Å². The van der Waals surface area contributed by atoms with Gasteiger partial charge in [-0.25, -0.2) is 0 Å². The standard InChI is InChI=1S/C15H19N5O.ClH/c16-12-7-5-11(6-8-12)15(21)17-10-14-19-18-13-4-2-1-3-9-20(13)14;/h5-8H,1-4,9-10,16H2,(H,17,21);1H. The molecule has 0 atom stereocenters. The Kier molecular flexibility index (Phi) is 5.38. The lowest BCUT2D eigenvalue weighted by Gasteiger charge is -2.08. The average Bonchev–Trinajstić information content (AvgIpc) is 2.72. The summed E-state index contributed by atoms with van der Waals surface area (Å²) in [6.45, 7) is 1.34. The van der Waals surface area contributed by atoms with Crippen molar-refractivity contribution in [1.29, 1.82) is 0 Å². The zero-order valence-electron chi connectivity index (χ0n) is 12.3. The predicted molar refractivity (Wildman–Crippen MR) is 86.8 cm³/mol. The number of hydrogen-bond donors (Lipinski definition) is 2. The molecule has 0 saturated carbocycles. The molecule has 1 aliphatic heterocycles. The number of aryl methyl sites for hydroxylation is 1. The Hall–Kier alpha value is -2.08. The Balaban J connectivity index is 0.00000176. The van der Waals surface area contributed by atoms with Gasteiger partial charge in [-0.15, -0.1) is 22.6 Å². The van der Waals surface area contributed by atoms with Crippen molar-refractivity contribution in [2.75, 3.05) is 5.73 Å². The van der Waals surface area contributed by atoms with Crippen molar-refractivity contribution < 1.29 is 4.79 Å². The first kappa shape index (κ1) is 16.3. The molecular weight excluding hydrogens is 302 g/mol. The number of carbonyl (C=O) groups is 1. The van der Waals surface area contributed by atoms with Gasteiger partial charge in [-0.05, 0) is 37.1 Å². The van der Waals surface area contributed by atoms with Crippen LogP contribution < -0.4 is 11.1 Å². The lowest BCUT2D eigenvalue weighted by atomic mass is 10.2. The van der Waals surface area contributed by atoms with E-state index in [1.165, 1.54) is 6.42 Å². The number of nitrogens with one attached hydrogen (secondary N) is 1.